The molecule has 2 amide bonds. The molecule has 0 spiro atoms. The fourth-order valence-corrected chi connectivity index (χ4v) is 2.71. The summed E-state index contributed by atoms with van der Waals surface area (Å²) in [6, 6.07) is 3.37. The number of amides is 2. The first-order chi connectivity index (χ1) is 13.8. The molecular formula is C16H18ClFN6O5. The Hall–Kier alpha value is -2.96. The van der Waals surface area contributed by atoms with Gasteiger partial charge in [0.05, 0.1) is 42.6 Å². The van der Waals surface area contributed by atoms with Crippen LogP contribution in [0, 0.1) is 5.82 Å². The van der Waals surface area contributed by atoms with Crippen molar-refractivity contribution in [3.63, 3.8) is 0 Å². The molecule has 0 radical (unpaired) electrons. The number of carbonyl (C=O) groups is 1. The van der Waals surface area contributed by atoms with E-state index in [-0.39, 0.29) is 48.7 Å². The summed E-state index contributed by atoms with van der Waals surface area (Å²) in [5.41, 5.74) is 6.20. The van der Waals surface area contributed by atoms with E-state index in [1.165, 1.54) is 17.0 Å². The molecular weight excluding hydrogens is 411 g/mol. The number of hydrogen-bond donors (Lipinski definition) is 4. The topological polar surface area (TPSA) is 159 Å². The van der Waals surface area contributed by atoms with E-state index in [0.29, 0.717) is 5.69 Å². The molecule has 1 saturated heterocycles. The molecule has 5 N–H and O–H groups in total. The number of urea groups is 1. The van der Waals surface area contributed by atoms with Gasteiger partial charge < -0.3 is 30.9 Å². The summed E-state index contributed by atoms with van der Waals surface area (Å²) in [6.45, 7) is 0.219. The van der Waals surface area contributed by atoms with Gasteiger partial charge in [-0.3, -0.25) is 0 Å². The number of hydrogen-bond acceptors (Lipinski definition) is 8. The minimum Gasteiger partial charge on any atom is -0.472 e. The van der Waals surface area contributed by atoms with Crippen molar-refractivity contribution >= 4 is 29.2 Å². The van der Waals surface area contributed by atoms with Gasteiger partial charge in [-0.25, -0.2) is 18.8 Å². The van der Waals surface area contributed by atoms with E-state index in [9.17, 15) is 19.4 Å². The molecule has 0 bridgehead atoms. The van der Waals surface area contributed by atoms with Crippen LogP contribution in [0.1, 0.15) is 5.69 Å². The van der Waals surface area contributed by atoms with Crippen molar-refractivity contribution in [1.29, 1.82) is 0 Å². The highest BCUT2D eigenvalue weighted by molar-refractivity contribution is 6.31. The number of halogens is 2. The molecule has 1 fully saturated rings. The SMILES string of the molecule is NC(=Nc1ccc(F)c(Cl)c1)c1nonc1OCCNC(=O)N1C[C@@H](O)[C@@H](O)C1. The zero-order valence-electron chi connectivity index (χ0n) is 15.0. The maximum Gasteiger partial charge on any atom is 0.317 e. The molecule has 2 aromatic rings. The summed E-state index contributed by atoms with van der Waals surface area (Å²) in [4.78, 5) is 17.3. The first kappa shape index (κ1) is 20.8. The number of nitrogens with two attached hydrogens (primary N) is 1. The van der Waals surface area contributed by atoms with Gasteiger partial charge in [-0.1, -0.05) is 11.6 Å². The molecule has 29 heavy (non-hydrogen) atoms. The van der Waals surface area contributed by atoms with Crippen LogP contribution in [0.2, 0.25) is 5.02 Å². The summed E-state index contributed by atoms with van der Waals surface area (Å²) >= 11 is 5.70. The zero-order valence-corrected chi connectivity index (χ0v) is 15.7. The number of likely N-dealkylation sites (tertiary alicyclic amines) is 1. The minimum atomic E-state index is -0.959. The molecule has 0 unspecified atom stereocenters. The highest BCUT2D eigenvalue weighted by Gasteiger charge is 2.32. The molecule has 11 nitrogen and oxygen atoms in total. The smallest absolute Gasteiger partial charge is 0.317 e. The number of β-amino-alcohol motifs (C(OH)–C–C–N with tert-alkyl or cyclic N) is 2. The van der Waals surface area contributed by atoms with E-state index in [4.69, 9.17) is 22.1 Å². The first-order valence-electron chi connectivity index (χ1n) is 8.49. The van der Waals surface area contributed by atoms with Crippen LogP contribution in [-0.2, 0) is 0 Å². The number of amidine groups is 1. The molecule has 0 aliphatic carbocycles. The van der Waals surface area contributed by atoms with Crippen molar-refractivity contribution in [2.24, 2.45) is 10.7 Å². The number of nitrogens with zero attached hydrogens (tertiary/aromatic N) is 4. The number of carbonyl (C=O) groups excluding carboxylic acids is 1. The van der Waals surface area contributed by atoms with Crippen molar-refractivity contribution in [1.82, 2.24) is 20.5 Å². The zero-order chi connectivity index (χ0) is 21.0. The highest BCUT2D eigenvalue weighted by atomic mass is 35.5. The van der Waals surface area contributed by atoms with Crippen LogP contribution in [0.3, 0.4) is 0 Å². The number of nitrogens with one attached hydrogen (secondary N) is 1. The third-order valence-electron chi connectivity index (χ3n) is 4.02. The van der Waals surface area contributed by atoms with Crippen molar-refractivity contribution in [2.45, 2.75) is 12.2 Å². The van der Waals surface area contributed by atoms with Crippen molar-refractivity contribution in [2.75, 3.05) is 26.2 Å². The third kappa shape index (κ3) is 5.10. The quantitative estimate of drug-likeness (QED) is 0.285. The van der Waals surface area contributed by atoms with Crippen LogP contribution in [0.4, 0.5) is 14.9 Å². The maximum absolute atomic E-state index is 13.2. The monoisotopic (exact) mass is 428 g/mol. The van der Waals surface area contributed by atoms with Crippen LogP contribution in [0.25, 0.3) is 0 Å². The number of aliphatic hydroxyl groups is 2. The van der Waals surface area contributed by atoms with E-state index < -0.39 is 24.1 Å². The Bertz CT molecular complexity index is 900. The lowest BCUT2D eigenvalue weighted by molar-refractivity contribution is 0.0572. The average Bonchev–Trinajstić information content (AvgIpc) is 3.28. The molecule has 1 aromatic heterocycles. The van der Waals surface area contributed by atoms with Gasteiger partial charge in [0.25, 0.3) is 5.88 Å². The van der Waals surface area contributed by atoms with E-state index in [1.54, 1.807) is 0 Å². The molecule has 2 heterocycles. The van der Waals surface area contributed by atoms with Gasteiger partial charge in [-0.05, 0) is 28.5 Å². The summed E-state index contributed by atoms with van der Waals surface area (Å²) in [6.07, 6.45) is -1.92. The number of aliphatic imine (C=N–C) groups is 1. The van der Waals surface area contributed by atoms with Gasteiger partial charge in [0.2, 0.25) is 5.69 Å². The number of ether oxygens (including phenoxy) is 1. The van der Waals surface area contributed by atoms with Crippen LogP contribution in [0.15, 0.2) is 27.8 Å². The molecule has 1 aliphatic heterocycles. The Morgan fingerprint density at radius 1 is 1.41 bits per heavy atom. The molecule has 3 rings (SSSR count). The van der Waals surface area contributed by atoms with Gasteiger partial charge in [0.1, 0.15) is 12.4 Å². The summed E-state index contributed by atoms with van der Waals surface area (Å²) in [5, 5.41) is 28.6. The third-order valence-corrected chi connectivity index (χ3v) is 4.31. The number of rotatable bonds is 6. The second-order valence-electron chi connectivity index (χ2n) is 6.13. The normalized spacial score (nSPS) is 19.4. The van der Waals surface area contributed by atoms with E-state index in [2.05, 4.69) is 25.3 Å². The second kappa shape index (κ2) is 9.03. The largest absolute Gasteiger partial charge is 0.472 e. The molecule has 156 valence electrons. The molecule has 0 saturated carbocycles. The number of benzene rings is 1. The first-order valence-corrected chi connectivity index (χ1v) is 8.86. The molecule has 1 aromatic carbocycles. The second-order valence-corrected chi connectivity index (χ2v) is 6.54. The Labute approximate surface area is 168 Å². The van der Waals surface area contributed by atoms with Gasteiger partial charge in [-0.2, -0.15) is 0 Å². The lowest BCUT2D eigenvalue weighted by Crippen LogP contribution is -2.40. The minimum absolute atomic E-state index is 0.0154. The van der Waals surface area contributed by atoms with Gasteiger partial charge >= 0.3 is 6.03 Å². The van der Waals surface area contributed by atoms with Gasteiger partial charge in [0.15, 0.2) is 5.84 Å². The van der Waals surface area contributed by atoms with E-state index in [1.807, 2.05) is 0 Å². The standard InChI is InChI=1S/C16H18ClFN6O5/c17-9-5-8(1-2-10(9)18)21-14(19)13-15(23-29-22-13)28-4-3-20-16(27)24-6-11(25)12(26)7-24/h1-2,5,11-12,25-26H,3-4,6-7H2,(H2,19,21)(H,20,27)/t11-,12+. The Kier molecular flexibility index (Phi) is 6.46. The Morgan fingerprint density at radius 2 is 2.14 bits per heavy atom. The van der Waals surface area contributed by atoms with Crippen LogP contribution >= 0.6 is 11.6 Å². The Morgan fingerprint density at radius 3 is 2.83 bits per heavy atom. The molecule has 1 aliphatic rings. The highest BCUT2D eigenvalue weighted by Crippen LogP contribution is 2.22. The lowest BCUT2D eigenvalue weighted by Gasteiger charge is -2.16. The van der Waals surface area contributed by atoms with Crippen molar-refractivity contribution < 1.29 is 28.8 Å². The van der Waals surface area contributed by atoms with E-state index >= 15 is 0 Å². The predicted molar refractivity (Wildman–Crippen MR) is 98.6 cm³/mol. The Balaban J connectivity index is 1.53. The molecule has 13 heteroatoms. The predicted octanol–water partition coefficient (Wildman–Crippen LogP) is 0.0249. The molecule has 2 atom stereocenters. The van der Waals surface area contributed by atoms with Crippen molar-refractivity contribution in [3.8, 4) is 5.88 Å². The lowest BCUT2D eigenvalue weighted by atomic mass is 10.3. The fourth-order valence-electron chi connectivity index (χ4n) is 2.53. The van der Waals surface area contributed by atoms with E-state index in [0.717, 1.165) is 6.07 Å². The van der Waals surface area contributed by atoms with Crippen LogP contribution in [0.5, 0.6) is 5.88 Å². The number of aliphatic hydroxyl groups excluding tert-OH is 2. The average molecular weight is 429 g/mol. The summed E-state index contributed by atoms with van der Waals surface area (Å²) in [5.74, 6) is -0.718. The number of aromatic nitrogens is 2. The van der Waals surface area contributed by atoms with Crippen molar-refractivity contribution in [3.05, 3.63) is 34.7 Å². The maximum atomic E-state index is 13.2. The van der Waals surface area contributed by atoms with Gasteiger partial charge in [-0.15, -0.1) is 0 Å². The van der Waals surface area contributed by atoms with Crippen LogP contribution in [-0.4, -0.2) is 75.7 Å². The fraction of sp³-hybridized carbons (Fsp3) is 0.375. The summed E-state index contributed by atoms with van der Waals surface area (Å²) < 4.78 is 23.2. The van der Waals surface area contributed by atoms with Gasteiger partial charge in [0, 0.05) is 0 Å². The summed E-state index contributed by atoms with van der Waals surface area (Å²) in [7, 11) is 0. The van der Waals surface area contributed by atoms with Crippen LogP contribution < -0.4 is 15.8 Å².